The third-order valence-electron chi connectivity index (χ3n) is 4.35. The summed E-state index contributed by atoms with van der Waals surface area (Å²) >= 11 is 0. The largest absolute Gasteiger partial charge is 0.306 e. The number of hydrogen-bond acceptors (Lipinski definition) is 7. The van der Waals surface area contributed by atoms with Crippen LogP contribution in [0.4, 0.5) is 11.4 Å². The highest BCUT2D eigenvalue weighted by molar-refractivity contribution is 7.90. The minimum atomic E-state index is -4.15. The molecule has 1 fully saturated rings. The van der Waals surface area contributed by atoms with E-state index in [1.54, 1.807) is 24.3 Å². The Hall–Kier alpha value is -3.34. The van der Waals surface area contributed by atoms with Crippen molar-refractivity contribution in [1.29, 1.82) is 0 Å². The molecule has 27 heavy (non-hydrogen) atoms. The fourth-order valence-electron chi connectivity index (χ4n) is 3.06. The summed E-state index contributed by atoms with van der Waals surface area (Å²) in [6, 6.07) is 9.91. The van der Waals surface area contributed by atoms with Crippen molar-refractivity contribution in [2.75, 3.05) is 11.4 Å². The Balaban J connectivity index is 1.88. The van der Waals surface area contributed by atoms with E-state index in [1.807, 2.05) is 0 Å². The van der Waals surface area contributed by atoms with E-state index in [0.717, 1.165) is 22.3 Å². The Bertz CT molecular complexity index is 1190. The van der Waals surface area contributed by atoms with E-state index in [0.29, 0.717) is 18.5 Å². The molecule has 2 heterocycles. The molecule has 0 aliphatic carbocycles. The molecular formula is C16H13N5O5S. The second-order valence-corrected chi connectivity index (χ2v) is 7.75. The molecule has 138 valence electrons. The summed E-state index contributed by atoms with van der Waals surface area (Å²) in [7, 11) is -4.15. The highest BCUT2D eigenvalue weighted by Gasteiger charge is 2.31. The fraction of sp³-hybridized carbons (Fsp3) is 0.188. The molecule has 0 bridgehead atoms. The normalized spacial score (nSPS) is 14.8. The zero-order chi connectivity index (χ0) is 19.2. The van der Waals surface area contributed by atoms with E-state index >= 15 is 0 Å². The van der Waals surface area contributed by atoms with Crippen LogP contribution in [0.25, 0.3) is 11.0 Å². The number of anilines is 1. The molecular weight excluding hydrogens is 374 g/mol. The van der Waals surface area contributed by atoms with Crippen LogP contribution in [0.2, 0.25) is 0 Å². The first-order chi connectivity index (χ1) is 12.9. The highest BCUT2D eigenvalue weighted by atomic mass is 32.2. The number of rotatable bonds is 4. The minimum Gasteiger partial charge on any atom is -0.306 e. The Morgan fingerprint density at radius 2 is 1.93 bits per heavy atom. The van der Waals surface area contributed by atoms with E-state index in [1.165, 1.54) is 4.90 Å². The van der Waals surface area contributed by atoms with Gasteiger partial charge in [-0.15, -0.1) is 9.19 Å². The summed E-state index contributed by atoms with van der Waals surface area (Å²) in [5.74, 6) is -0.279. The van der Waals surface area contributed by atoms with E-state index in [9.17, 15) is 23.3 Å². The summed E-state index contributed by atoms with van der Waals surface area (Å²) < 4.78 is 26.8. The van der Waals surface area contributed by atoms with Gasteiger partial charge >= 0.3 is 0 Å². The average molecular weight is 387 g/mol. The van der Waals surface area contributed by atoms with Gasteiger partial charge in [-0.1, -0.05) is 17.3 Å². The van der Waals surface area contributed by atoms with Gasteiger partial charge in [0.1, 0.15) is 16.7 Å². The van der Waals surface area contributed by atoms with Crippen molar-refractivity contribution in [2.45, 2.75) is 17.7 Å². The van der Waals surface area contributed by atoms with Crippen molar-refractivity contribution in [3.63, 3.8) is 0 Å². The quantitative estimate of drug-likeness (QED) is 0.492. The predicted molar refractivity (Wildman–Crippen MR) is 94.8 cm³/mol. The van der Waals surface area contributed by atoms with Crippen LogP contribution in [0, 0.1) is 10.1 Å². The van der Waals surface area contributed by atoms with Gasteiger partial charge in [0.2, 0.25) is 5.91 Å². The Morgan fingerprint density at radius 3 is 2.63 bits per heavy atom. The predicted octanol–water partition coefficient (Wildman–Crippen LogP) is 1.70. The Morgan fingerprint density at radius 1 is 1.15 bits per heavy atom. The van der Waals surface area contributed by atoms with Crippen LogP contribution in [0.15, 0.2) is 47.4 Å². The molecule has 0 saturated carbocycles. The van der Waals surface area contributed by atoms with Crippen molar-refractivity contribution in [1.82, 2.24) is 14.4 Å². The van der Waals surface area contributed by atoms with Gasteiger partial charge in [0, 0.05) is 19.0 Å². The van der Waals surface area contributed by atoms with Crippen LogP contribution < -0.4 is 4.90 Å². The van der Waals surface area contributed by atoms with Crippen molar-refractivity contribution in [2.24, 2.45) is 0 Å². The first kappa shape index (κ1) is 17.1. The third kappa shape index (κ3) is 2.72. The molecule has 0 atom stereocenters. The molecule has 0 spiro atoms. The fourth-order valence-corrected chi connectivity index (χ4v) is 4.31. The number of carbonyl (C=O) groups is 1. The lowest BCUT2D eigenvalue weighted by Crippen LogP contribution is -2.25. The van der Waals surface area contributed by atoms with Gasteiger partial charge in [0.05, 0.1) is 9.82 Å². The monoisotopic (exact) mass is 387 g/mol. The van der Waals surface area contributed by atoms with Crippen molar-refractivity contribution >= 4 is 38.3 Å². The number of nitro groups is 1. The minimum absolute atomic E-state index is 0.0343. The van der Waals surface area contributed by atoms with Gasteiger partial charge in [-0.05, 0) is 30.7 Å². The van der Waals surface area contributed by atoms with Gasteiger partial charge in [-0.2, -0.15) is 8.42 Å². The highest BCUT2D eigenvalue weighted by Crippen LogP contribution is 2.34. The number of aromatic nitrogens is 3. The molecule has 1 amide bonds. The smallest absolute Gasteiger partial charge is 0.293 e. The maximum Gasteiger partial charge on any atom is 0.293 e. The lowest BCUT2D eigenvalue weighted by molar-refractivity contribution is -0.384. The molecule has 4 rings (SSSR count). The molecule has 1 aliphatic rings. The van der Waals surface area contributed by atoms with Gasteiger partial charge in [0.15, 0.2) is 0 Å². The topological polar surface area (TPSA) is 128 Å². The van der Waals surface area contributed by atoms with E-state index in [4.69, 9.17) is 0 Å². The number of carbonyl (C=O) groups excluding carboxylic acids is 1. The van der Waals surface area contributed by atoms with Crippen LogP contribution in [0.3, 0.4) is 0 Å². The standard InChI is InChI=1S/C16H13N5O5S/c22-16-6-3-9-19(16)15-10-11(7-8-14(15)21(23)24)27(25,26)20-13-5-2-1-4-12(13)17-18-20/h1-2,4-5,7-8,10H,3,6,9H2. The molecule has 11 heteroatoms. The van der Waals surface area contributed by atoms with Crippen molar-refractivity contribution < 1.29 is 18.1 Å². The molecule has 0 radical (unpaired) electrons. The van der Waals surface area contributed by atoms with Gasteiger partial charge in [0.25, 0.3) is 15.7 Å². The van der Waals surface area contributed by atoms with E-state index in [2.05, 4.69) is 10.3 Å². The first-order valence-corrected chi connectivity index (χ1v) is 9.48. The molecule has 0 unspecified atom stereocenters. The van der Waals surface area contributed by atoms with Gasteiger partial charge in [-0.3, -0.25) is 14.9 Å². The van der Waals surface area contributed by atoms with Crippen LogP contribution >= 0.6 is 0 Å². The summed E-state index contributed by atoms with van der Waals surface area (Å²) in [5.41, 5.74) is 0.327. The summed E-state index contributed by atoms with van der Waals surface area (Å²) in [6.45, 7) is 0.301. The number of benzene rings is 2. The van der Waals surface area contributed by atoms with Crippen LogP contribution in [-0.2, 0) is 14.8 Å². The SMILES string of the molecule is O=C1CCCN1c1cc(S(=O)(=O)n2nnc3ccccc32)ccc1[N+](=O)[O-]. The Kier molecular flexibility index (Phi) is 3.88. The number of fused-ring (bicyclic) bond motifs is 1. The Labute approximate surface area is 153 Å². The van der Waals surface area contributed by atoms with Gasteiger partial charge < -0.3 is 4.90 Å². The zero-order valence-electron chi connectivity index (χ0n) is 13.8. The number of hydrogen-bond donors (Lipinski definition) is 0. The second-order valence-electron chi connectivity index (χ2n) is 5.98. The molecule has 10 nitrogen and oxygen atoms in total. The summed E-state index contributed by atoms with van der Waals surface area (Å²) in [6.07, 6.45) is 0.822. The molecule has 0 N–H and O–H groups in total. The maximum atomic E-state index is 13.0. The van der Waals surface area contributed by atoms with Crippen LogP contribution in [0.5, 0.6) is 0 Å². The molecule has 3 aromatic rings. The maximum absolute atomic E-state index is 13.0. The number of para-hydroxylation sites is 1. The van der Waals surface area contributed by atoms with Crippen LogP contribution in [-0.4, -0.2) is 40.2 Å². The number of nitro benzene ring substituents is 1. The van der Waals surface area contributed by atoms with E-state index < -0.39 is 14.9 Å². The first-order valence-electron chi connectivity index (χ1n) is 8.04. The number of nitrogens with zero attached hydrogens (tertiary/aromatic N) is 5. The van der Waals surface area contributed by atoms with Crippen molar-refractivity contribution in [3.8, 4) is 0 Å². The molecule has 1 saturated heterocycles. The molecule has 1 aromatic heterocycles. The van der Waals surface area contributed by atoms with E-state index in [-0.39, 0.29) is 34.1 Å². The summed E-state index contributed by atoms with van der Waals surface area (Å²) in [5, 5.41) is 18.9. The summed E-state index contributed by atoms with van der Waals surface area (Å²) in [4.78, 5) is 23.8. The lowest BCUT2D eigenvalue weighted by Gasteiger charge is -2.16. The zero-order valence-corrected chi connectivity index (χ0v) is 14.7. The van der Waals surface area contributed by atoms with Crippen molar-refractivity contribution in [3.05, 3.63) is 52.6 Å². The lowest BCUT2D eigenvalue weighted by atomic mass is 10.2. The molecule has 2 aromatic carbocycles. The number of amides is 1. The van der Waals surface area contributed by atoms with Gasteiger partial charge in [-0.25, -0.2) is 0 Å². The third-order valence-corrected chi connectivity index (χ3v) is 5.93. The molecule has 1 aliphatic heterocycles. The average Bonchev–Trinajstić information content (AvgIpc) is 3.27. The van der Waals surface area contributed by atoms with Crippen LogP contribution in [0.1, 0.15) is 12.8 Å². The second kappa shape index (κ2) is 6.13.